The van der Waals surface area contributed by atoms with Crippen LogP contribution in [0.1, 0.15) is 10.6 Å². The Balaban J connectivity index is 1.98. The molecule has 0 unspecified atom stereocenters. The average molecular weight is 307 g/mol. The number of benzene rings is 1. The summed E-state index contributed by atoms with van der Waals surface area (Å²) in [5, 5.41) is 2.33. The van der Waals surface area contributed by atoms with E-state index < -0.39 is 17.8 Å². The summed E-state index contributed by atoms with van der Waals surface area (Å²) in [6, 6.07) is 8.40. The molecule has 0 aliphatic rings. The number of carbonyl (C=O) groups is 3. The maximum absolute atomic E-state index is 11.6. The molecule has 8 nitrogen and oxygen atoms in total. The normalized spacial score (nSPS) is 9.76. The predicted molar refractivity (Wildman–Crippen MR) is 72.3 cm³/mol. The molecule has 1 heterocycles. The predicted octanol–water partition coefficient (Wildman–Crippen LogP) is 1.50. The van der Waals surface area contributed by atoms with Crippen LogP contribution in [0.2, 0.25) is 0 Å². The Morgan fingerprint density at radius 2 is 1.90 bits per heavy atom. The molecule has 0 radical (unpaired) electrons. The fourth-order valence-corrected chi connectivity index (χ4v) is 1.81. The van der Waals surface area contributed by atoms with Gasteiger partial charge in [0.2, 0.25) is 11.0 Å². The molecule has 2 aromatic rings. The van der Waals surface area contributed by atoms with E-state index in [1.807, 2.05) is 0 Å². The second kappa shape index (κ2) is 6.57. The van der Waals surface area contributed by atoms with Gasteiger partial charge in [-0.2, -0.15) is 9.36 Å². The van der Waals surface area contributed by atoms with E-state index in [1.54, 1.807) is 30.3 Å². The number of hydrogen-bond acceptors (Lipinski definition) is 8. The lowest BCUT2D eigenvalue weighted by Gasteiger charge is -2.02. The van der Waals surface area contributed by atoms with E-state index in [1.165, 1.54) is 0 Å². The number of ketones is 1. The summed E-state index contributed by atoms with van der Waals surface area (Å²) in [5.74, 6) is -2.06. The smallest absolute Gasteiger partial charge is 0.418 e. The van der Waals surface area contributed by atoms with Crippen molar-refractivity contribution in [3.8, 4) is 5.75 Å². The molecular weight excluding hydrogens is 298 g/mol. The molecule has 21 heavy (non-hydrogen) atoms. The van der Waals surface area contributed by atoms with E-state index in [0.29, 0.717) is 5.75 Å². The highest BCUT2D eigenvalue weighted by Gasteiger charge is 2.22. The molecule has 0 bridgehead atoms. The summed E-state index contributed by atoms with van der Waals surface area (Å²) in [7, 11) is 1.07. The first kappa shape index (κ1) is 14.6. The zero-order valence-electron chi connectivity index (χ0n) is 10.7. The highest BCUT2D eigenvalue weighted by Crippen LogP contribution is 2.14. The van der Waals surface area contributed by atoms with E-state index in [9.17, 15) is 14.4 Å². The van der Waals surface area contributed by atoms with Gasteiger partial charge in [-0.05, 0) is 12.1 Å². The lowest BCUT2D eigenvalue weighted by molar-refractivity contribution is -0.135. The van der Waals surface area contributed by atoms with E-state index in [2.05, 4.69) is 19.4 Å². The Kier molecular flexibility index (Phi) is 4.57. The molecular formula is C12H9N3O5S. The molecule has 0 saturated heterocycles. The molecule has 1 aromatic heterocycles. The summed E-state index contributed by atoms with van der Waals surface area (Å²) in [6.07, 6.45) is -0.783. The van der Waals surface area contributed by atoms with Gasteiger partial charge in [0.25, 0.3) is 0 Å². The van der Waals surface area contributed by atoms with Gasteiger partial charge in [0, 0.05) is 11.5 Å². The Hall–Kier alpha value is -2.81. The molecule has 108 valence electrons. The number of hydrogen-bond donors (Lipinski definition) is 1. The monoisotopic (exact) mass is 307 g/mol. The fourth-order valence-electron chi connectivity index (χ4n) is 1.26. The number of esters is 1. The summed E-state index contributed by atoms with van der Waals surface area (Å²) < 4.78 is 12.9. The molecule has 0 atom stereocenters. The zero-order chi connectivity index (χ0) is 15.2. The Labute approximate surface area is 122 Å². The number of rotatable bonds is 4. The number of amides is 1. The number of Topliss-reactive ketones (excluding diaryl/α,β-unsaturated/α-hetero) is 1. The molecule has 0 saturated carbocycles. The lowest BCUT2D eigenvalue weighted by atomic mass is 10.3. The molecule has 0 fully saturated rings. The minimum Gasteiger partial charge on any atom is -0.463 e. The van der Waals surface area contributed by atoms with Crippen LogP contribution in [0.3, 0.4) is 0 Å². The average Bonchev–Trinajstić information content (AvgIpc) is 2.94. The topological polar surface area (TPSA) is 107 Å². The van der Waals surface area contributed by atoms with E-state index >= 15 is 0 Å². The Morgan fingerprint density at radius 3 is 2.57 bits per heavy atom. The minimum atomic E-state index is -1.08. The van der Waals surface area contributed by atoms with Crippen molar-refractivity contribution in [1.29, 1.82) is 0 Å². The number of nitrogens with one attached hydrogen (secondary N) is 1. The molecule has 0 spiro atoms. The zero-order valence-corrected chi connectivity index (χ0v) is 11.5. The van der Waals surface area contributed by atoms with Gasteiger partial charge in [-0.1, -0.05) is 18.2 Å². The quantitative estimate of drug-likeness (QED) is 0.518. The van der Waals surface area contributed by atoms with Gasteiger partial charge in [0.15, 0.2) is 0 Å². The molecule has 9 heteroatoms. The third kappa shape index (κ3) is 3.83. The number of carbonyl (C=O) groups excluding carboxylic acids is 3. The van der Waals surface area contributed by atoms with E-state index in [-0.39, 0.29) is 11.0 Å². The van der Waals surface area contributed by atoms with E-state index in [4.69, 9.17) is 4.74 Å². The third-order valence-electron chi connectivity index (χ3n) is 2.16. The van der Waals surface area contributed by atoms with Gasteiger partial charge >= 0.3 is 17.8 Å². The van der Waals surface area contributed by atoms with Crippen LogP contribution in [0.15, 0.2) is 30.3 Å². The first-order valence-electron chi connectivity index (χ1n) is 5.60. The van der Waals surface area contributed by atoms with Gasteiger partial charge < -0.3 is 9.47 Å². The van der Waals surface area contributed by atoms with Crippen molar-refractivity contribution in [2.45, 2.75) is 0 Å². The van der Waals surface area contributed by atoms with Crippen molar-refractivity contribution in [3.63, 3.8) is 0 Å². The summed E-state index contributed by atoms with van der Waals surface area (Å²) in [5.41, 5.74) is 0. The van der Waals surface area contributed by atoms with Crippen molar-refractivity contribution in [1.82, 2.24) is 9.36 Å². The second-order valence-corrected chi connectivity index (χ2v) is 4.32. The van der Waals surface area contributed by atoms with Gasteiger partial charge in [0.05, 0.1) is 7.11 Å². The maximum Gasteiger partial charge on any atom is 0.418 e. The molecule has 1 amide bonds. The summed E-state index contributed by atoms with van der Waals surface area (Å²) in [6.45, 7) is 0. The number of aromatic nitrogens is 2. The molecule has 2 rings (SSSR count). The van der Waals surface area contributed by atoms with Crippen molar-refractivity contribution >= 4 is 34.5 Å². The van der Waals surface area contributed by atoms with Gasteiger partial charge in [-0.15, -0.1) is 0 Å². The highest BCUT2D eigenvalue weighted by atomic mass is 32.1. The molecule has 0 aliphatic carbocycles. The van der Waals surface area contributed by atoms with Crippen molar-refractivity contribution in [2.75, 3.05) is 12.4 Å². The first-order chi connectivity index (χ1) is 10.1. The number of para-hydroxylation sites is 1. The molecule has 1 aromatic carbocycles. The minimum absolute atomic E-state index is 0.0307. The third-order valence-corrected chi connectivity index (χ3v) is 2.79. The highest BCUT2D eigenvalue weighted by molar-refractivity contribution is 7.10. The number of nitrogens with zero attached hydrogens (tertiary/aromatic N) is 2. The van der Waals surface area contributed by atoms with Crippen LogP contribution < -0.4 is 10.1 Å². The Morgan fingerprint density at radius 1 is 1.19 bits per heavy atom. The summed E-state index contributed by atoms with van der Waals surface area (Å²) >= 11 is 0.743. The fraction of sp³-hybridized carbons (Fsp3) is 0.0833. The molecule has 0 aliphatic heterocycles. The SMILES string of the molecule is COC(=O)C(=O)c1nsc(NC(=O)Oc2ccccc2)n1. The standard InChI is InChI=1S/C12H9N3O5S/c1-19-10(17)8(16)9-13-11(21-15-9)14-12(18)20-7-5-3-2-4-6-7/h2-6H,1H3,(H,13,14,15,18). The maximum atomic E-state index is 11.6. The Bertz CT molecular complexity index is 671. The van der Waals surface area contributed by atoms with Gasteiger partial charge in [0.1, 0.15) is 5.75 Å². The van der Waals surface area contributed by atoms with Crippen LogP contribution >= 0.6 is 11.5 Å². The van der Waals surface area contributed by atoms with Crippen molar-refractivity contribution in [2.24, 2.45) is 0 Å². The van der Waals surface area contributed by atoms with Gasteiger partial charge in [-0.3, -0.25) is 10.1 Å². The van der Waals surface area contributed by atoms with Crippen LogP contribution in [0.25, 0.3) is 0 Å². The van der Waals surface area contributed by atoms with Crippen LogP contribution in [-0.2, 0) is 9.53 Å². The largest absolute Gasteiger partial charge is 0.463 e. The molecule has 1 N–H and O–H groups in total. The lowest BCUT2D eigenvalue weighted by Crippen LogP contribution is -2.18. The van der Waals surface area contributed by atoms with Crippen LogP contribution in [0.4, 0.5) is 9.93 Å². The number of anilines is 1. The van der Waals surface area contributed by atoms with Crippen LogP contribution in [0.5, 0.6) is 5.75 Å². The number of ether oxygens (including phenoxy) is 2. The van der Waals surface area contributed by atoms with Crippen molar-refractivity contribution in [3.05, 3.63) is 36.2 Å². The van der Waals surface area contributed by atoms with Crippen molar-refractivity contribution < 1.29 is 23.9 Å². The number of methoxy groups -OCH3 is 1. The second-order valence-electron chi connectivity index (χ2n) is 3.57. The van der Waals surface area contributed by atoms with Crippen LogP contribution in [-0.4, -0.2) is 34.3 Å². The van der Waals surface area contributed by atoms with E-state index in [0.717, 1.165) is 18.6 Å². The van der Waals surface area contributed by atoms with Gasteiger partial charge in [-0.25, -0.2) is 9.59 Å². The van der Waals surface area contributed by atoms with Crippen LogP contribution in [0, 0.1) is 0 Å². The first-order valence-corrected chi connectivity index (χ1v) is 6.37. The summed E-state index contributed by atoms with van der Waals surface area (Å²) in [4.78, 5) is 37.7.